The molecule has 0 spiro atoms. The Morgan fingerprint density at radius 1 is 1.00 bits per heavy atom. The molecule has 5 heteroatoms. The highest BCUT2D eigenvalue weighted by Gasteiger charge is 2.43. The topological polar surface area (TPSA) is 43.9 Å². The van der Waals surface area contributed by atoms with Crippen LogP contribution in [-0.2, 0) is 9.59 Å². The smallest absolute Gasteiger partial charge is 0.230 e. The molecule has 0 aromatic rings. The third kappa shape index (κ3) is 2.41. The predicted octanol–water partition coefficient (Wildman–Crippen LogP) is 0.304. The number of carbonyl (C=O) groups excluding carboxylic acids is 2. The molecule has 3 fully saturated rings. The number of nitrogens with zero attached hydrogens (tertiary/aromatic N) is 3. The lowest BCUT2D eigenvalue weighted by atomic mass is 9.97. The normalized spacial score (nSPS) is 28.2. The van der Waals surface area contributed by atoms with Crippen molar-refractivity contribution < 1.29 is 9.59 Å². The zero-order valence-electron chi connectivity index (χ0n) is 11.7. The molecule has 0 aromatic heterocycles. The number of hydrogen-bond donors (Lipinski definition) is 0. The van der Waals surface area contributed by atoms with Gasteiger partial charge in [-0.25, -0.2) is 0 Å². The second-order valence-corrected chi connectivity index (χ2v) is 5.93. The van der Waals surface area contributed by atoms with E-state index in [2.05, 4.69) is 16.7 Å². The van der Waals surface area contributed by atoms with Gasteiger partial charge in [-0.15, -0.1) is 0 Å². The first kappa shape index (κ1) is 13.1. The maximum atomic E-state index is 11.7. The highest BCUT2D eigenvalue weighted by atomic mass is 16.2. The summed E-state index contributed by atoms with van der Waals surface area (Å²) in [7, 11) is 0. The highest BCUT2D eigenvalue weighted by Crippen LogP contribution is 2.27. The van der Waals surface area contributed by atoms with Gasteiger partial charge in [-0.05, 0) is 32.5 Å². The van der Waals surface area contributed by atoms with E-state index in [9.17, 15) is 9.59 Å². The standard InChI is InChI=1S/C14H23N3O2/c1-2-15-7-5-11(6-8-15)16-9-12(10-16)17-13(18)3-4-14(17)19/h11-12H,2-10H2,1H3. The number of likely N-dealkylation sites (tertiary alicyclic amines) is 3. The summed E-state index contributed by atoms with van der Waals surface area (Å²) in [6, 6.07) is 0.818. The lowest BCUT2D eigenvalue weighted by Gasteiger charge is -2.49. The van der Waals surface area contributed by atoms with Gasteiger partial charge in [0.25, 0.3) is 0 Å². The molecule has 0 aliphatic carbocycles. The van der Waals surface area contributed by atoms with E-state index >= 15 is 0 Å². The lowest BCUT2D eigenvalue weighted by Crippen LogP contribution is -2.64. The quantitative estimate of drug-likeness (QED) is 0.689. The molecule has 3 saturated heterocycles. The van der Waals surface area contributed by atoms with Crippen molar-refractivity contribution in [2.45, 2.75) is 44.7 Å². The fraction of sp³-hybridized carbons (Fsp3) is 0.857. The fourth-order valence-corrected chi connectivity index (χ4v) is 3.55. The van der Waals surface area contributed by atoms with Gasteiger partial charge in [0.2, 0.25) is 11.8 Å². The van der Waals surface area contributed by atoms with Crippen molar-refractivity contribution in [2.75, 3.05) is 32.7 Å². The van der Waals surface area contributed by atoms with Crippen LogP contribution in [0.1, 0.15) is 32.6 Å². The Kier molecular flexibility index (Phi) is 3.58. The van der Waals surface area contributed by atoms with Crippen LogP contribution in [-0.4, -0.2) is 71.3 Å². The average Bonchev–Trinajstić information content (AvgIpc) is 2.70. The van der Waals surface area contributed by atoms with Crippen LogP contribution >= 0.6 is 0 Å². The lowest BCUT2D eigenvalue weighted by molar-refractivity contribution is -0.146. The summed E-state index contributed by atoms with van der Waals surface area (Å²) in [5.41, 5.74) is 0. The van der Waals surface area contributed by atoms with Crippen LogP contribution in [0.4, 0.5) is 0 Å². The van der Waals surface area contributed by atoms with Gasteiger partial charge >= 0.3 is 0 Å². The summed E-state index contributed by atoms with van der Waals surface area (Å²) in [6.07, 6.45) is 3.29. The third-order valence-corrected chi connectivity index (χ3v) is 4.87. The van der Waals surface area contributed by atoms with E-state index in [0.29, 0.717) is 18.9 Å². The first-order valence-corrected chi connectivity index (χ1v) is 7.50. The van der Waals surface area contributed by atoms with Gasteiger partial charge in [-0.1, -0.05) is 6.92 Å². The van der Waals surface area contributed by atoms with Crippen LogP contribution in [0, 0.1) is 0 Å². The van der Waals surface area contributed by atoms with E-state index in [1.54, 1.807) is 0 Å². The minimum Gasteiger partial charge on any atom is -0.303 e. The molecule has 3 rings (SSSR count). The maximum absolute atomic E-state index is 11.7. The summed E-state index contributed by atoms with van der Waals surface area (Å²) in [4.78, 5) is 29.8. The second-order valence-electron chi connectivity index (χ2n) is 5.93. The Bertz CT molecular complexity index is 355. The van der Waals surface area contributed by atoms with Crippen molar-refractivity contribution in [3.8, 4) is 0 Å². The minimum absolute atomic E-state index is 0.0375. The Morgan fingerprint density at radius 2 is 1.58 bits per heavy atom. The van der Waals surface area contributed by atoms with Crippen LogP contribution in [0.15, 0.2) is 0 Å². The maximum Gasteiger partial charge on any atom is 0.230 e. The van der Waals surface area contributed by atoms with Gasteiger partial charge in [-0.2, -0.15) is 0 Å². The number of carbonyl (C=O) groups is 2. The Balaban J connectivity index is 1.48. The molecule has 0 atom stereocenters. The van der Waals surface area contributed by atoms with Crippen molar-refractivity contribution >= 4 is 11.8 Å². The van der Waals surface area contributed by atoms with Crippen molar-refractivity contribution in [1.82, 2.24) is 14.7 Å². The van der Waals surface area contributed by atoms with E-state index in [1.165, 1.54) is 30.8 Å². The van der Waals surface area contributed by atoms with E-state index in [1.807, 2.05) is 0 Å². The van der Waals surface area contributed by atoms with Crippen LogP contribution in [0.5, 0.6) is 0 Å². The average molecular weight is 265 g/mol. The van der Waals surface area contributed by atoms with Crippen molar-refractivity contribution in [3.05, 3.63) is 0 Å². The summed E-state index contributed by atoms with van der Waals surface area (Å²) in [5.74, 6) is 0.0749. The van der Waals surface area contributed by atoms with Crippen LogP contribution in [0.3, 0.4) is 0 Å². The first-order valence-electron chi connectivity index (χ1n) is 7.50. The summed E-state index contributed by atoms with van der Waals surface area (Å²) in [6.45, 7) is 7.52. The molecule has 0 N–H and O–H groups in total. The molecule has 19 heavy (non-hydrogen) atoms. The highest BCUT2D eigenvalue weighted by molar-refractivity contribution is 6.02. The molecule has 2 amide bonds. The second kappa shape index (κ2) is 5.21. The molecule has 0 bridgehead atoms. The zero-order valence-corrected chi connectivity index (χ0v) is 11.7. The number of imide groups is 1. The zero-order chi connectivity index (χ0) is 13.4. The van der Waals surface area contributed by atoms with Gasteiger partial charge in [-0.3, -0.25) is 19.4 Å². The molecule has 0 saturated carbocycles. The largest absolute Gasteiger partial charge is 0.303 e. The van der Waals surface area contributed by atoms with Gasteiger partial charge in [0.15, 0.2) is 0 Å². The molecule has 3 heterocycles. The monoisotopic (exact) mass is 265 g/mol. The van der Waals surface area contributed by atoms with Crippen LogP contribution in [0.25, 0.3) is 0 Å². The van der Waals surface area contributed by atoms with Crippen LogP contribution < -0.4 is 0 Å². The molecule has 0 aromatic carbocycles. The molecule has 3 aliphatic heterocycles. The summed E-state index contributed by atoms with van der Waals surface area (Å²) in [5, 5.41) is 0. The first-order chi connectivity index (χ1) is 9.19. The van der Waals surface area contributed by atoms with Gasteiger partial charge < -0.3 is 4.90 Å². The molecular formula is C14H23N3O2. The van der Waals surface area contributed by atoms with Crippen molar-refractivity contribution in [2.24, 2.45) is 0 Å². The minimum atomic E-state index is 0.0375. The molecular weight excluding hydrogens is 242 g/mol. The van der Waals surface area contributed by atoms with Crippen molar-refractivity contribution in [1.29, 1.82) is 0 Å². The molecule has 5 nitrogen and oxygen atoms in total. The number of amides is 2. The number of rotatable bonds is 3. The third-order valence-electron chi connectivity index (χ3n) is 4.87. The van der Waals surface area contributed by atoms with Crippen LogP contribution in [0.2, 0.25) is 0 Å². The fourth-order valence-electron chi connectivity index (χ4n) is 3.55. The Morgan fingerprint density at radius 3 is 2.11 bits per heavy atom. The molecule has 106 valence electrons. The van der Waals surface area contributed by atoms with E-state index in [4.69, 9.17) is 0 Å². The number of piperidine rings is 1. The molecule has 0 unspecified atom stereocenters. The predicted molar refractivity (Wildman–Crippen MR) is 71.6 cm³/mol. The summed E-state index contributed by atoms with van der Waals surface area (Å²) < 4.78 is 0. The SMILES string of the molecule is CCN1CCC(N2CC(N3C(=O)CCC3=O)C2)CC1. The van der Waals surface area contributed by atoms with E-state index < -0.39 is 0 Å². The van der Waals surface area contributed by atoms with E-state index in [-0.39, 0.29) is 17.9 Å². The Hall–Kier alpha value is -0.940. The molecule has 3 aliphatic rings. The van der Waals surface area contributed by atoms with Gasteiger partial charge in [0.1, 0.15) is 0 Å². The number of hydrogen-bond acceptors (Lipinski definition) is 4. The van der Waals surface area contributed by atoms with E-state index in [0.717, 1.165) is 19.6 Å². The van der Waals surface area contributed by atoms with Crippen molar-refractivity contribution in [3.63, 3.8) is 0 Å². The van der Waals surface area contributed by atoms with Gasteiger partial charge in [0.05, 0.1) is 6.04 Å². The van der Waals surface area contributed by atoms with Gasteiger partial charge in [0, 0.05) is 32.0 Å². The molecule has 0 radical (unpaired) electrons. The Labute approximate surface area is 114 Å². The summed E-state index contributed by atoms with van der Waals surface area (Å²) >= 11 is 0.